The third-order valence-corrected chi connectivity index (χ3v) is 6.04. The Labute approximate surface area is 219 Å². The Morgan fingerprint density at radius 3 is 2.10 bits per heavy atom. The van der Waals surface area contributed by atoms with Gasteiger partial charge in [-0.25, -0.2) is 9.59 Å². The van der Waals surface area contributed by atoms with Crippen molar-refractivity contribution in [2.24, 2.45) is 0 Å². The molecule has 0 radical (unpaired) electrons. The van der Waals surface area contributed by atoms with Crippen molar-refractivity contribution in [1.82, 2.24) is 14.8 Å². The summed E-state index contributed by atoms with van der Waals surface area (Å²) in [4.78, 5) is 38.8. The Bertz CT molecular complexity index is 918. The quantitative estimate of drug-likeness (QED) is 0.511. The zero-order chi connectivity index (χ0) is 29.2. The number of rotatable bonds is 5. The molecule has 3 aliphatic heterocycles. The predicted octanol–water partition coefficient (Wildman–Crippen LogP) is 2.72. The van der Waals surface area contributed by atoms with Gasteiger partial charge >= 0.3 is 24.3 Å². The van der Waals surface area contributed by atoms with Gasteiger partial charge in [-0.2, -0.15) is 26.3 Å². The van der Waals surface area contributed by atoms with E-state index >= 15 is 0 Å². The van der Waals surface area contributed by atoms with Gasteiger partial charge in [-0.3, -0.25) is 14.7 Å². The van der Waals surface area contributed by atoms with Gasteiger partial charge in [0.25, 0.3) is 0 Å². The topological polar surface area (TPSA) is 130 Å². The fourth-order valence-electron chi connectivity index (χ4n) is 4.27. The number of ether oxygens (including phenoxy) is 2. The van der Waals surface area contributed by atoms with Crippen LogP contribution in [0, 0.1) is 0 Å². The number of halogens is 6. The molecular weight excluding hydrogens is 544 g/mol. The third kappa shape index (κ3) is 10.6. The van der Waals surface area contributed by atoms with Crippen molar-refractivity contribution in [3.63, 3.8) is 0 Å². The minimum absolute atomic E-state index is 0.0273. The number of likely N-dealkylation sites (tertiary alicyclic amines) is 2. The summed E-state index contributed by atoms with van der Waals surface area (Å²) in [6, 6.07) is 6.39. The van der Waals surface area contributed by atoms with Crippen LogP contribution >= 0.6 is 0 Å². The van der Waals surface area contributed by atoms with E-state index in [0.29, 0.717) is 6.04 Å². The van der Waals surface area contributed by atoms with E-state index in [-0.39, 0.29) is 24.7 Å². The van der Waals surface area contributed by atoms with E-state index in [4.69, 9.17) is 29.3 Å². The Hall–Kier alpha value is -2.98. The zero-order valence-corrected chi connectivity index (χ0v) is 20.7. The summed E-state index contributed by atoms with van der Waals surface area (Å²) in [6.07, 6.45) is -3.86. The molecule has 0 spiro atoms. The minimum Gasteiger partial charge on any atom is -0.475 e. The van der Waals surface area contributed by atoms with Crippen LogP contribution in [0.25, 0.3) is 0 Å². The molecule has 0 aromatic carbocycles. The first-order valence-electron chi connectivity index (χ1n) is 11.9. The Morgan fingerprint density at radius 2 is 1.59 bits per heavy atom. The van der Waals surface area contributed by atoms with Gasteiger partial charge in [0.1, 0.15) is 12.7 Å². The van der Waals surface area contributed by atoms with Crippen LogP contribution in [0.3, 0.4) is 0 Å². The standard InChI is InChI=1S/C19H27N3O3.2C2HF3O2/c23-18(21-9-3-4-10-21)14-25-17-13-22(12-15-6-1-2-8-20-15)16-7-5-11-24-19(16)17;2*3-2(4,5)1(6)7/h1-2,6,8,16-17,19H,3-5,7,9-14H2;2*(H,6,7)/t16-,17-,19+;;/m1../s1. The van der Waals surface area contributed by atoms with Crippen LogP contribution in [-0.2, 0) is 30.4 Å². The number of alkyl halides is 6. The number of hydrogen-bond acceptors (Lipinski definition) is 7. The van der Waals surface area contributed by atoms with Crippen molar-refractivity contribution in [2.75, 3.05) is 32.8 Å². The molecule has 3 saturated heterocycles. The molecule has 1 amide bonds. The van der Waals surface area contributed by atoms with Gasteiger partial charge in [-0.15, -0.1) is 0 Å². The second kappa shape index (κ2) is 14.4. The highest BCUT2D eigenvalue weighted by atomic mass is 19.4. The first-order valence-corrected chi connectivity index (χ1v) is 11.9. The molecule has 1 aromatic heterocycles. The molecular formula is C23H29F6N3O7. The number of carbonyl (C=O) groups excluding carboxylic acids is 1. The molecule has 0 saturated carbocycles. The molecule has 2 N–H and O–H groups in total. The summed E-state index contributed by atoms with van der Waals surface area (Å²) < 4.78 is 75.5. The van der Waals surface area contributed by atoms with Gasteiger partial charge in [-0.05, 0) is 37.8 Å². The van der Waals surface area contributed by atoms with Gasteiger partial charge in [0.2, 0.25) is 5.91 Å². The molecule has 4 rings (SSSR count). The largest absolute Gasteiger partial charge is 0.490 e. The molecule has 3 aliphatic rings. The van der Waals surface area contributed by atoms with E-state index in [9.17, 15) is 31.1 Å². The number of carboxylic acid groups (broad SMARTS) is 2. The molecule has 3 fully saturated rings. The van der Waals surface area contributed by atoms with Gasteiger partial charge in [0, 0.05) is 45.0 Å². The number of carboxylic acids is 2. The highest BCUT2D eigenvalue weighted by molar-refractivity contribution is 5.77. The third-order valence-electron chi connectivity index (χ3n) is 6.04. The van der Waals surface area contributed by atoms with E-state index < -0.39 is 24.3 Å². The van der Waals surface area contributed by atoms with Crippen LogP contribution in [0.4, 0.5) is 26.3 Å². The molecule has 4 heterocycles. The lowest BCUT2D eigenvalue weighted by molar-refractivity contribution is -0.193. The number of pyridine rings is 1. The van der Waals surface area contributed by atoms with Crippen molar-refractivity contribution in [3.05, 3.63) is 30.1 Å². The van der Waals surface area contributed by atoms with E-state index in [1.54, 1.807) is 0 Å². The number of carbonyl (C=O) groups is 3. The van der Waals surface area contributed by atoms with Crippen LogP contribution in [-0.4, -0.2) is 106 Å². The Morgan fingerprint density at radius 1 is 1.00 bits per heavy atom. The molecule has 0 unspecified atom stereocenters. The number of nitrogens with zero attached hydrogens (tertiary/aromatic N) is 3. The zero-order valence-electron chi connectivity index (χ0n) is 20.7. The maximum Gasteiger partial charge on any atom is 0.490 e. The van der Waals surface area contributed by atoms with Crippen molar-refractivity contribution in [2.45, 2.75) is 62.8 Å². The highest BCUT2D eigenvalue weighted by Crippen LogP contribution is 2.31. The summed E-state index contributed by atoms with van der Waals surface area (Å²) in [7, 11) is 0. The number of aromatic nitrogens is 1. The lowest BCUT2D eigenvalue weighted by atomic mass is 10.0. The number of aliphatic carboxylic acids is 2. The Balaban J connectivity index is 0.000000317. The lowest BCUT2D eigenvalue weighted by Crippen LogP contribution is -2.42. The molecule has 0 bridgehead atoms. The van der Waals surface area contributed by atoms with Crippen LogP contribution in [0.1, 0.15) is 31.4 Å². The average Bonchev–Trinajstić information content (AvgIpc) is 3.52. The summed E-state index contributed by atoms with van der Waals surface area (Å²) >= 11 is 0. The smallest absolute Gasteiger partial charge is 0.475 e. The molecule has 220 valence electrons. The molecule has 39 heavy (non-hydrogen) atoms. The van der Waals surface area contributed by atoms with Crippen molar-refractivity contribution >= 4 is 17.8 Å². The molecule has 0 aliphatic carbocycles. The van der Waals surface area contributed by atoms with E-state index in [0.717, 1.165) is 64.2 Å². The maximum atomic E-state index is 12.3. The second-order valence-corrected chi connectivity index (χ2v) is 8.84. The first kappa shape index (κ1) is 32.2. The van der Waals surface area contributed by atoms with Crippen molar-refractivity contribution in [3.8, 4) is 0 Å². The molecule has 16 heteroatoms. The van der Waals surface area contributed by atoms with Crippen LogP contribution in [0.2, 0.25) is 0 Å². The number of fused-ring (bicyclic) bond motifs is 1. The summed E-state index contributed by atoms with van der Waals surface area (Å²) in [5.74, 6) is -5.40. The van der Waals surface area contributed by atoms with E-state index in [2.05, 4.69) is 16.0 Å². The summed E-state index contributed by atoms with van der Waals surface area (Å²) in [5, 5.41) is 14.2. The maximum absolute atomic E-state index is 12.3. The SMILES string of the molecule is O=C(CO[C@@H]1CN(Cc2ccccn2)[C@@H]2CCCO[C@@H]21)N1CCCC1.O=C(O)C(F)(F)F.O=C(O)C(F)(F)F. The fraction of sp³-hybridized carbons (Fsp3) is 0.652. The first-order chi connectivity index (χ1) is 18.2. The number of amides is 1. The second-order valence-electron chi connectivity index (χ2n) is 8.84. The highest BCUT2D eigenvalue weighted by Gasteiger charge is 2.45. The summed E-state index contributed by atoms with van der Waals surface area (Å²) in [6.45, 7) is 4.33. The normalized spacial score (nSPS) is 23.1. The van der Waals surface area contributed by atoms with Crippen LogP contribution < -0.4 is 0 Å². The van der Waals surface area contributed by atoms with Crippen LogP contribution in [0.5, 0.6) is 0 Å². The number of hydrogen-bond donors (Lipinski definition) is 2. The fourth-order valence-corrected chi connectivity index (χ4v) is 4.27. The lowest BCUT2D eigenvalue weighted by Gasteiger charge is -2.32. The predicted molar refractivity (Wildman–Crippen MR) is 120 cm³/mol. The monoisotopic (exact) mass is 573 g/mol. The van der Waals surface area contributed by atoms with Gasteiger partial charge in [0.05, 0.1) is 11.8 Å². The minimum atomic E-state index is -5.08. The van der Waals surface area contributed by atoms with Gasteiger partial charge < -0.3 is 24.6 Å². The van der Waals surface area contributed by atoms with Gasteiger partial charge in [0.15, 0.2) is 0 Å². The average molecular weight is 573 g/mol. The van der Waals surface area contributed by atoms with Gasteiger partial charge in [-0.1, -0.05) is 6.07 Å². The van der Waals surface area contributed by atoms with Crippen molar-refractivity contribution in [1.29, 1.82) is 0 Å². The van der Waals surface area contributed by atoms with Crippen molar-refractivity contribution < 1.29 is 60.4 Å². The molecule has 10 nitrogen and oxygen atoms in total. The molecule has 1 aromatic rings. The van der Waals surface area contributed by atoms with Crippen LogP contribution in [0.15, 0.2) is 24.4 Å². The molecule has 3 atom stereocenters. The van der Waals surface area contributed by atoms with E-state index in [1.165, 1.54) is 0 Å². The Kier molecular flexibility index (Phi) is 11.9. The summed E-state index contributed by atoms with van der Waals surface area (Å²) in [5.41, 5.74) is 1.07. The van der Waals surface area contributed by atoms with E-state index in [1.807, 2.05) is 23.2 Å².